The Morgan fingerprint density at radius 3 is 2.42 bits per heavy atom. The highest BCUT2D eigenvalue weighted by molar-refractivity contribution is 5.81. The highest BCUT2D eigenvalue weighted by Crippen LogP contribution is 2.12. The van der Waals surface area contributed by atoms with E-state index in [1.54, 1.807) is 0 Å². The average Bonchev–Trinajstić information content (AvgIpc) is 2.38. The second-order valence-electron chi connectivity index (χ2n) is 4.87. The van der Waals surface area contributed by atoms with Crippen molar-refractivity contribution in [2.24, 2.45) is 11.7 Å². The molecule has 1 rings (SSSR count). The molecule has 0 saturated heterocycles. The fraction of sp³-hybridized carbons (Fsp3) is 0.500. The third-order valence-corrected chi connectivity index (χ3v) is 3.05. The van der Waals surface area contributed by atoms with Gasteiger partial charge in [-0.15, -0.1) is 0 Å². The van der Waals surface area contributed by atoms with Crippen molar-refractivity contribution in [1.29, 1.82) is 0 Å². The van der Waals surface area contributed by atoms with E-state index in [0.29, 0.717) is 12.1 Å². The van der Waals surface area contributed by atoms with Crippen LogP contribution < -0.4 is 5.73 Å². The highest BCUT2D eigenvalue weighted by Gasteiger charge is 2.22. The minimum atomic E-state index is -0.908. The van der Waals surface area contributed by atoms with Crippen molar-refractivity contribution in [3.63, 3.8) is 0 Å². The molecule has 106 valence electrons. The molecule has 0 aromatic heterocycles. The number of benzene rings is 1. The van der Waals surface area contributed by atoms with Crippen LogP contribution in [-0.4, -0.2) is 23.4 Å². The number of carbonyl (C=O) groups excluding carboxylic acids is 1. The van der Waals surface area contributed by atoms with Crippen molar-refractivity contribution >= 4 is 5.91 Å². The monoisotopic (exact) mass is 270 g/mol. The van der Waals surface area contributed by atoms with Crippen LogP contribution in [0.15, 0.2) is 18.2 Å². The number of carbonyl (C=O) groups is 1. The summed E-state index contributed by atoms with van der Waals surface area (Å²) in [6, 6.07) is 3.05. The molecule has 0 radical (unpaired) electrons. The van der Waals surface area contributed by atoms with Gasteiger partial charge in [-0.1, -0.05) is 19.9 Å². The van der Waals surface area contributed by atoms with Crippen molar-refractivity contribution in [2.75, 3.05) is 6.54 Å². The fourth-order valence-corrected chi connectivity index (χ4v) is 1.70. The maximum absolute atomic E-state index is 13.1. The number of hydrogen-bond donors (Lipinski definition) is 1. The molecule has 0 bridgehead atoms. The van der Waals surface area contributed by atoms with Crippen LogP contribution in [0, 0.1) is 17.6 Å². The lowest BCUT2D eigenvalue weighted by Crippen LogP contribution is -2.46. The first-order valence-electron chi connectivity index (χ1n) is 6.35. The number of nitrogens with two attached hydrogens (primary N) is 1. The van der Waals surface area contributed by atoms with Crippen molar-refractivity contribution in [1.82, 2.24) is 4.90 Å². The summed E-state index contributed by atoms with van der Waals surface area (Å²) >= 11 is 0. The summed E-state index contributed by atoms with van der Waals surface area (Å²) in [4.78, 5) is 13.6. The van der Waals surface area contributed by atoms with E-state index in [0.717, 1.165) is 12.1 Å². The zero-order valence-electron chi connectivity index (χ0n) is 11.5. The second kappa shape index (κ2) is 6.61. The van der Waals surface area contributed by atoms with Crippen LogP contribution in [0.5, 0.6) is 0 Å². The molecule has 0 spiro atoms. The van der Waals surface area contributed by atoms with Crippen molar-refractivity contribution < 1.29 is 13.6 Å². The quantitative estimate of drug-likeness (QED) is 0.892. The summed E-state index contributed by atoms with van der Waals surface area (Å²) in [6.45, 7) is 6.26. The molecule has 0 saturated carbocycles. The molecule has 5 heteroatoms. The van der Waals surface area contributed by atoms with Crippen molar-refractivity contribution in [3.05, 3.63) is 35.4 Å². The summed E-state index contributed by atoms with van der Waals surface area (Å²) in [5.41, 5.74) is 6.37. The third-order valence-electron chi connectivity index (χ3n) is 3.05. The molecular formula is C14H20F2N2O. The van der Waals surface area contributed by atoms with Crippen LogP contribution in [0.2, 0.25) is 0 Å². The molecule has 3 nitrogen and oxygen atoms in total. The summed E-state index contributed by atoms with van der Waals surface area (Å²) in [5, 5.41) is 0. The maximum atomic E-state index is 13.1. The smallest absolute Gasteiger partial charge is 0.240 e. The molecular weight excluding hydrogens is 250 g/mol. The summed E-state index contributed by atoms with van der Waals surface area (Å²) < 4.78 is 26.0. The molecule has 0 unspecified atom stereocenters. The number of amides is 1. The molecule has 0 fully saturated rings. The Hall–Kier alpha value is -1.49. The minimum absolute atomic E-state index is 0.0338. The first-order chi connectivity index (χ1) is 8.86. The maximum Gasteiger partial charge on any atom is 0.240 e. The van der Waals surface area contributed by atoms with Gasteiger partial charge in [-0.05, 0) is 30.5 Å². The van der Waals surface area contributed by atoms with Gasteiger partial charge in [0, 0.05) is 13.1 Å². The molecule has 0 aliphatic rings. The largest absolute Gasteiger partial charge is 0.337 e. The van der Waals surface area contributed by atoms with E-state index >= 15 is 0 Å². The second-order valence-corrected chi connectivity index (χ2v) is 4.87. The van der Waals surface area contributed by atoms with Crippen LogP contribution in [0.4, 0.5) is 8.78 Å². The Balaban J connectivity index is 2.81. The van der Waals surface area contributed by atoms with Crippen LogP contribution >= 0.6 is 0 Å². The van der Waals surface area contributed by atoms with Gasteiger partial charge in [0.05, 0.1) is 6.04 Å². The van der Waals surface area contributed by atoms with E-state index in [2.05, 4.69) is 0 Å². The third kappa shape index (κ3) is 3.99. The number of likely N-dealkylation sites (N-methyl/N-ethyl adjacent to an activating group) is 1. The molecule has 0 aliphatic carbocycles. The van der Waals surface area contributed by atoms with Crippen LogP contribution in [0.25, 0.3) is 0 Å². The average molecular weight is 270 g/mol. The fourth-order valence-electron chi connectivity index (χ4n) is 1.70. The molecule has 1 amide bonds. The first-order valence-corrected chi connectivity index (χ1v) is 6.35. The number of rotatable bonds is 5. The predicted octanol–water partition coefficient (Wildman–Crippen LogP) is 2.30. The normalized spacial score (nSPS) is 12.6. The Morgan fingerprint density at radius 1 is 1.32 bits per heavy atom. The lowest BCUT2D eigenvalue weighted by atomic mass is 10.0. The van der Waals surface area contributed by atoms with E-state index in [9.17, 15) is 13.6 Å². The predicted molar refractivity (Wildman–Crippen MR) is 70.3 cm³/mol. The van der Waals surface area contributed by atoms with E-state index in [4.69, 9.17) is 5.73 Å². The lowest BCUT2D eigenvalue weighted by Gasteiger charge is -2.26. The molecule has 1 aromatic rings. The van der Waals surface area contributed by atoms with Gasteiger partial charge in [0.1, 0.15) is 0 Å². The van der Waals surface area contributed by atoms with Gasteiger partial charge in [-0.25, -0.2) is 8.78 Å². The van der Waals surface area contributed by atoms with Gasteiger partial charge < -0.3 is 10.6 Å². The number of nitrogens with zero attached hydrogens (tertiary/aromatic N) is 1. The number of hydrogen-bond acceptors (Lipinski definition) is 2. The van der Waals surface area contributed by atoms with E-state index in [-0.39, 0.29) is 18.4 Å². The van der Waals surface area contributed by atoms with Crippen molar-refractivity contribution in [3.8, 4) is 0 Å². The lowest BCUT2D eigenvalue weighted by molar-refractivity contribution is -0.134. The van der Waals surface area contributed by atoms with Gasteiger partial charge in [-0.3, -0.25) is 4.79 Å². The molecule has 1 aromatic carbocycles. The van der Waals surface area contributed by atoms with Gasteiger partial charge in [0.2, 0.25) is 5.91 Å². The summed E-state index contributed by atoms with van der Waals surface area (Å²) in [5.74, 6) is -1.94. The summed E-state index contributed by atoms with van der Waals surface area (Å²) in [7, 11) is 0. The molecule has 0 aliphatic heterocycles. The molecule has 0 heterocycles. The Labute approximate surface area is 112 Å². The molecule has 2 N–H and O–H groups in total. The van der Waals surface area contributed by atoms with E-state index < -0.39 is 17.7 Å². The molecule has 1 atom stereocenters. The summed E-state index contributed by atoms with van der Waals surface area (Å²) in [6.07, 6.45) is 0. The van der Waals surface area contributed by atoms with Crippen LogP contribution in [-0.2, 0) is 11.3 Å². The van der Waals surface area contributed by atoms with Gasteiger partial charge in [0.15, 0.2) is 11.6 Å². The Kier molecular flexibility index (Phi) is 5.42. The van der Waals surface area contributed by atoms with E-state index in [1.807, 2.05) is 20.8 Å². The van der Waals surface area contributed by atoms with Crippen LogP contribution in [0.1, 0.15) is 26.3 Å². The minimum Gasteiger partial charge on any atom is -0.337 e. The Morgan fingerprint density at radius 2 is 1.95 bits per heavy atom. The van der Waals surface area contributed by atoms with Crippen LogP contribution in [0.3, 0.4) is 0 Å². The highest BCUT2D eigenvalue weighted by atomic mass is 19.2. The van der Waals surface area contributed by atoms with Gasteiger partial charge in [0.25, 0.3) is 0 Å². The van der Waals surface area contributed by atoms with E-state index in [1.165, 1.54) is 11.0 Å². The SMILES string of the molecule is CCN(Cc1ccc(F)c(F)c1)C(=O)[C@@H](N)C(C)C. The zero-order valence-corrected chi connectivity index (χ0v) is 11.5. The van der Waals surface area contributed by atoms with Gasteiger partial charge in [-0.2, -0.15) is 0 Å². The number of halogens is 2. The van der Waals surface area contributed by atoms with Gasteiger partial charge >= 0.3 is 0 Å². The Bertz CT molecular complexity index is 449. The van der Waals surface area contributed by atoms with Crippen molar-refractivity contribution in [2.45, 2.75) is 33.4 Å². The topological polar surface area (TPSA) is 46.3 Å². The first kappa shape index (κ1) is 15.6. The molecule has 19 heavy (non-hydrogen) atoms. The zero-order chi connectivity index (χ0) is 14.6. The standard InChI is InChI=1S/C14H20F2N2O/c1-4-18(14(19)13(17)9(2)3)8-10-5-6-11(15)12(16)7-10/h5-7,9,13H,4,8,17H2,1-3H3/t13-/m0/s1.